The van der Waals surface area contributed by atoms with Gasteiger partial charge in [0.2, 0.25) is 0 Å². The third kappa shape index (κ3) is 3.31. The monoisotopic (exact) mass is 293 g/mol. The molecule has 0 radical (unpaired) electrons. The molecule has 2 atom stereocenters. The van der Waals surface area contributed by atoms with Crippen molar-refractivity contribution >= 4 is 11.3 Å². The number of nitrogens with zero attached hydrogens (tertiary/aromatic N) is 1. The topological polar surface area (TPSA) is 21.7 Å². The fourth-order valence-corrected chi connectivity index (χ4v) is 4.02. The highest BCUT2D eigenvalue weighted by Gasteiger charge is 2.43. The standard InChI is InChI=1S/C16H23NO2S/c1-2-7-18-15-9-16(19-11-15)5-3-6-17(13-16)10-14-4-8-20-12-14/h2,4,8,12,15H,1,3,5-7,9-11,13H2/t15-,16-/m1/s1. The number of hydrogen-bond acceptors (Lipinski definition) is 4. The van der Waals surface area contributed by atoms with E-state index in [0.717, 1.165) is 26.1 Å². The molecule has 20 heavy (non-hydrogen) atoms. The highest BCUT2D eigenvalue weighted by Crippen LogP contribution is 2.36. The van der Waals surface area contributed by atoms with Crippen molar-refractivity contribution in [3.8, 4) is 0 Å². The van der Waals surface area contributed by atoms with Gasteiger partial charge in [-0.3, -0.25) is 4.90 Å². The number of rotatable bonds is 5. The van der Waals surface area contributed by atoms with Crippen LogP contribution in [0.2, 0.25) is 0 Å². The Balaban J connectivity index is 1.56. The zero-order valence-electron chi connectivity index (χ0n) is 11.9. The van der Waals surface area contributed by atoms with Crippen LogP contribution in [0.4, 0.5) is 0 Å². The van der Waals surface area contributed by atoms with Crippen molar-refractivity contribution in [2.45, 2.75) is 37.5 Å². The number of ether oxygens (including phenoxy) is 2. The minimum atomic E-state index is 0.0279. The first-order valence-electron chi connectivity index (χ1n) is 7.40. The first-order chi connectivity index (χ1) is 9.80. The Kier molecular flexibility index (Phi) is 4.56. The van der Waals surface area contributed by atoms with E-state index < -0.39 is 0 Å². The predicted octanol–water partition coefficient (Wildman–Crippen LogP) is 3.07. The van der Waals surface area contributed by atoms with Gasteiger partial charge in [0.1, 0.15) is 0 Å². The Labute approximate surface area is 125 Å². The SMILES string of the molecule is C=CCO[C@H]1CO[C@]2(CCCN(Cc3ccsc3)C2)C1. The molecule has 3 nitrogen and oxygen atoms in total. The van der Waals surface area contributed by atoms with Gasteiger partial charge in [-0.25, -0.2) is 0 Å². The van der Waals surface area contributed by atoms with Crippen molar-refractivity contribution in [1.29, 1.82) is 0 Å². The average Bonchev–Trinajstić information content (AvgIpc) is 3.07. The molecule has 0 aliphatic carbocycles. The van der Waals surface area contributed by atoms with E-state index in [2.05, 4.69) is 28.3 Å². The molecule has 2 fully saturated rings. The van der Waals surface area contributed by atoms with Crippen molar-refractivity contribution in [3.05, 3.63) is 35.0 Å². The maximum Gasteiger partial charge on any atom is 0.0841 e. The highest BCUT2D eigenvalue weighted by molar-refractivity contribution is 7.07. The molecule has 2 aliphatic rings. The van der Waals surface area contributed by atoms with Gasteiger partial charge in [-0.1, -0.05) is 6.08 Å². The Bertz CT molecular complexity index is 434. The molecular formula is C16H23NO2S. The Morgan fingerprint density at radius 3 is 3.35 bits per heavy atom. The summed E-state index contributed by atoms with van der Waals surface area (Å²) in [5.74, 6) is 0. The minimum absolute atomic E-state index is 0.0279. The summed E-state index contributed by atoms with van der Waals surface area (Å²) in [4.78, 5) is 2.53. The van der Waals surface area contributed by atoms with Gasteiger partial charge in [0, 0.05) is 19.5 Å². The van der Waals surface area contributed by atoms with Gasteiger partial charge < -0.3 is 9.47 Å². The number of likely N-dealkylation sites (tertiary alicyclic amines) is 1. The quantitative estimate of drug-likeness (QED) is 0.779. The third-order valence-electron chi connectivity index (χ3n) is 4.23. The van der Waals surface area contributed by atoms with Crippen LogP contribution in [0.5, 0.6) is 0 Å². The lowest BCUT2D eigenvalue weighted by molar-refractivity contribution is -0.0544. The van der Waals surface area contributed by atoms with E-state index in [1.165, 1.54) is 24.9 Å². The van der Waals surface area contributed by atoms with E-state index in [1.807, 2.05) is 6.08 Å². The second-order valence-corrected chi connectivity index (χ2v) is 6.67. The van der Waals surface area contributed by atoms with Crippen LogP contribution in [0, 0.1) is 0 Å². The summed E-state index contributed by atoms with van der Waals surface area (Å²) in [6, 6.07) is 2.22. The van der Waals surface area contributed by atoms with Crippen molar-refractivity contribution < 1.29 is 9.47 Å². The number of hydrogen-bond donors (Lipinski definition) is 0. The fourth-order valence-electron chi connectivity index (χ4n) is 3.36. The zero-order valence-corrected chi connectivity index (χ0v) is 12.7. The summed E-state index contributed by atoms with van der Waals surface area (Å²) in [7, 11) is 0. The first-order valence-corrected chi connectivity index (χ1v) is 8.34. The first kappa shape index (κ1) is 14.3. The Hall–Kier alpha value is -0.680. The molecule has 110 valence electrons. The molecule has 2 saturated heterocycles. The Morgan fingerprint density at radius 1 is 1.60 bits per heavy atom. The van der Waals surface area contributed by atoms with E-state index >= 15 is 0 Å². The van der Waals surface area contributed by atoms with Crippen LogP contribution in [0.15, 0.2) is 29.5 Å². The predicted molar refractivity (Wildman–Crippen MR) is 82.1 cm³/mol. The summed E-state index contributed by atoms with van der Waals surface area (Å²) >= 11 is 1.77. The fraction of sp³-hybridized carbons (Fsp3) is 0.625. The molecule has 3 heterocycles. The lowest BCUT2D eigenvalue weighted by Gasteiger charge is -2.39. The van der Waals surface area contributed by atoms with Crippen LogP contribution in [-0.4, -0.2) is 42.9 Å². The van der Waals surface area contributed by atoms with E-state index in [0.29, 0.717) is 6.61 Å². The summed E-state index contributed by atoms with van der Waals surface area (Å²) < 4.78 is 11.9. The summed E-state index contributed by atoms with van der Waals surface area (Å²) in [5, 5.41) is 4.40. The van der Waals surface area contributed by atoms with Crippen molar-refractivity contribution in [1.82, 2.24) is 4.90 Å². The molecule has 4 heteroatoms. The van der Waals surface area contributed by atoms with Gasteiger partial charge in [0.05, 0.1) is 24.9 Å². The molecule has 0 unspecified atom stereocenters. The van der Waals surface area contributed by atoms with E-state index in [9.17, 15) is 0 Å². The van der Waals surface area contributed by atoms with Crippen LogP contribution >= 0.6 is 11.3 Å². The van der Waals surface area contributed by atoms with Crippen LogP contribution < -0.4 is 0 Å². The molecule has 0 amide bonds. The maximum absolute atomic E-state index is 6.14. The molecule has 3 rings (SSSR count). The lowest BCUT2D eigenvalue weighted by Crippen LogP contribution is -2.47. The van der Waals surface area contributed by atoms with Gasteiger partial charge in [-0.05, 0) is 41.8 Å². The van der Waals surface area contributed by atoms with Crippen LogP contribution in [-0.2, 0) is 16.0 Å². The average molecular weight is 293 g/mol. The van der Waals surface area contributed by atoms with Gasteiger partial charge in [0.25, 0.3) is 0 Å². The number of thiophene rings is 1. The summed E-state index contributed by atoms with van der Waals surface area (Å²) in [6.07, 6.45) is 5.48. The van der Waals surface area contributed by atoms with Crippen LogP contribution in [0.25, 0.3) is 0 Å². The molecule has 0 aromatic carbocycles. The van der Waals surface area contributed by atoms with Crippen molar-refractivity contribution in [2.24, 2.45) is 0 Å². The molecular weight excluding hydrogens is 270 g/mol. The van der Waals surface area contributed by atoms with Gasteiger partial charge >= 0.3 is 0 Å². The van der Waals surface area contributed by atoms with Crippen molar-refractivity contribution in [2.75, 3.05) is 26.3 Å². The van der Waals surface area contributed by atoms with Gasteiger partial charge in [-0.15, -0.1) is 6.58 Å². The molecule has 1 spiro atoms. The van der Waals surface area contributed by atoms with Crippen LogP contribution in [0.3, 0.4) is 0 Å². The maximum atomic E-state index is 6.14. The van der Waals surface area contributed by atoms with E-state index in [1.54, 1.807) is 11.3 Å². The lowest BCUT2D eigenvalue weighted by atomic mass is 9.89. The minimum Gasteiger partial charge on any atom is -0.372 e. The Morgan fingerprint density at radius 2 is 2.55 bits per heavy atom. The van der Waals surface area contributed by atoms with E-state index in [-0.39, 0.29) is 11.7 Å². The number of piperidine rings is 1. The zero-order chi connectivity index (χ0) is 13.8. The second kappa shape index (κ2) is 6.39. The second-order valence-electron chi connectivity index (χ2n) is 5.89. The highest BCUT2D eigenvalue weighted by atomic mass is 32.1. The molecule has 1 aromatic rings. The van der Waals surface area contributed by atoms with E-state index in [4.69, 9.17) is 9.47 Å². The largest absolute Gasteiger partial charge is 0.372 e. The molecule has 0 saturated carbocycles. The van der Waals surface area contributed by atoms with Crippen molar-refractivity contribution in [3.63, 3.8) is 0 Å². The molecule has 0 N–H and O–H groups in total. The third-order valence-corrected chi connectivity index (χ3v) is 4.96. The molecule has 0 bridgehead atoms. The smallest absolute Gasteiger partial charge is 0.0841 e. The van der Waals surface area contributed by atoms with Gasteiger partial charge in [-0.2, -0.15) is 11.3 Å². The van der Waals surface area contributed by atoms with Gasteiger partial charge in [0.15, 0.2) is 0 Å². The summed E-state index contributed by atoms with van der Waals surface area (Å²) in [5.41, 5.74) is 1.45. The molecule has 1 aromatic heterocycles. The normalized spacial score (nSPS) is 30.9. The summed E-state index contributed by atoms with van der Waals surface area (Å²) in [6.45, 7) is 8.34. The van der Waals surface area contributed by atoms with Crippen LogP contribution in [0.1, 0.15) is 24.8 Å². The molecule has 2 aliphatic heterocycles.